The van der Waals surface area contributed by atoms with Crippen LogP contribution < -0.4 is 14.2 Å². The van der Waals surface area contributed by atoms with Crippen molar-refractivity contribution in [2.24, 2.45) is 0 Å². The molecule has 4 heteroatoms. The van der Waals surface area contributed by atoms with E-state index in [1.807, 2.05) is 42.5 Å². The third-order valence-electron chi connectivity index (χ3n) is 2.70. The van der Waals surface area contributed by atoms with Crippen molar-refractivity contribution in [3.8, 4) is 17.2 Å². The maximum atomic E-state index is 5.72. The van der Waals surface area contributed by atoms with Crippen LogP contribution in [0.5, 0.6) is 17.2 Å². The summed E-state index contributed by atoms with van der Waals surface area (Å²) in [6.45, 7) is 0.463. The van der Waals surface area contributed by atoms with Crippen LogP contribution in [0.1, 0.15) is 5.56 Å². The Hall–Kier alpha value is -1.68. The van der Waals surface area contributed by atoms with Crippen molar-refractivity contribution in [2.75, 3.05) is 14.2 Å². The first-order valence-electron chi connectivity index (χ1n) is 5.83. The Morgan fingerprint density at radius 3 is 2.32 bits per heavy atom. The van der Waals surface area contributed by atoms with E-state index in [0.29, 0.717) is 18.1 Å². The second-order valence-corrected chi connectivity index (χ2v) is 4.67. The van der Waals surface area contributed by atoms with Crippen LogP contribution in [-0.4, -0.2) is 14.2 Å². The summed E-state index contributed by atoms with van der Waals surface area (Å²) in [5, 5.41) is 0. The summed E-state index contributed by atoms with van der Waals surface area (Å²) in [4.78, 5) is 0. The van der Waals surface area contributed by atoms with E-state index >= 15 is 0 Å². The van der Waals surface area contributed by atoms with Crippen molar-refractivity contribution in [1.29, 1.82) is 0 Å². The molecule has 2 aromatic rings. The highest BCUT2D eigenvalue weighted by Crippen LogP contribution is 2.37. The number of halogens is 1. The molecule has 0 unspecified atom stereocenters. The van der Waals surface area contributed by atoms with Crippen molar-refractivity contribution >= 4 is 15.9 Å². The van der Waals surface area contributed by atoms with Crippen molar-refractivity contribution in [3.63, 3.8) is 0 Å². The van der Waals surface area contributed by atoms with Gasteiger partial charge in [-0.25, -0.2) is 0 Å². The van der Waals surface area contributed by atoms with Gasteiger partial charge in [-0.1, -0.05) is 24.3 Å². The maximum absolute atomic E-state index is 5.72. The molecule has 0 amide bonds. The number of methoxy groups -OCH3 is 2. The predicted octanol–water partition coefficient (Wildman–Crippen LogP) is 4.05. The minimum Gasteiger partial charge on any atom is -0.493 e. The lowest BCUT2D eigenvalue weighted by molar-refractivity contribution is 0.302. The van der Waals surface area contributed by atoms with E-state index in [1.54, 1.807) is 14.2 Å². The first-order valence-corrected chi connectivity index (χ1v) is 6.62. The summed E-state index contributed by atoms with van der Waals surface area (Å²) in [5.74, 6) is 2.21. The van der Waals surface area contributed by atoms with Crippen LogP contribution in [-0.2, 0) is 6.61 Å². The van der Waals surface area contributed by atoms with Crippen molar-refractivity contribution in [3.05, 3.63) is 52.5 Å². The minimum absolute atomic E-state index is 0.463. The lowest BCUT2D eigenvalue weighted by Gasteiger charge is -2.13. The number of hydrogen-bond donors (Lipinski definition) is 0. The van der Waals surface area contributed by atoms with E-state index in [2.05, 4.69) is 15.9 Å². The number of benzene rings is 2. The largest absolute Gasteiger partial charge is 0.493 e. The van der Waals surface area contributed by atoms with Crippen LogP contribution in [0.15, 0.2) is 46.9 Å². The third kappa shape index (κ3) is 3.20. The topological polar surface area (TPSA) is 27.7 Å². The molecule has 2 rings (SSSR count). The summed E-state index contributed by atoms with van der Waals surface area (Å²) < 4.78 is 17.1. The third-order valence-corrected chi connectivity index (χ3v) is 3.57. The Kier molecular flexibility index (Phi) is 4.68. The average Bonchev–Trinajstić information content (AvgIpc) is 2.46. The molecule has 3 nitrogen and oxygen atoms in total. The molecule has 0 bridgehead atoms. The number of rotatable bonds is 5. The fraction of sp³-hybridized carbons (Fsp3) is 0.200. The fourth-order valence-electron chi connectivity index (χ4n) is 1.72. The van der Waals surface area contributed by atoms with Gasteiger partial charge in [0, 0.05) is 5.56 Å². The summed E-state index contributed by atoms with van der Waals surface area (Å²) >= 11 is 3.52. The standard InChI is InChI=1S/C15H15BrO3/c1-17-13-9-8-11(14(16)15(13)18-2)10-19-12-6-4-3-5-7-12/h3-9H,10H2,1-2H3. The Balaban J connectivity index is 2.17. The van der Waals surface area contributed by atoms with Gasteiger partial charge in [0.2, 0.25) is 0 Å². The zero-order chi connectivity index (χ0) is 13.7. The van der Waals surface area contributed by atoms with Gasteiger partial charge < -0.3 is 14.2 Å². The molecule has 0 aliphatic carbocycles. The summed E-state index contributed by atoms with van der Waals surface area (Å²) in [7, 11) is 3.23. The lowest BCUT2D eigenvalue weighted by Crippen LogP contribution is -1.99. The molecule has 100 valence electrons. The number of ether oxygens (including phenoxy) is 3. The molecule has 0 radical (unpaired) electrons. The second-order valence-electron chi connectivity index (χ2n) is 3.88. The van der Waals surface area contributed by atoms with Gasteiger partial charge in [-0.2, -0.15) is 0 Å². The zero-order valence-corrected chi connectivity index (χ0v) is 12.4. The quantitative estimate of drug-likeness (QED) is 0.831. The average molecular weight is 323 g/mol. The van der Waals surface area contributed by atoms with Gasteiger partial charge in [0.25, 0.3) is 0 Å². The molecular formula is C15H15BrO3. The van der Waals surface area contributed by atoms with Gasteiger partial charge in [0.15, 0.2) is 11.5 Å². The molecule has 0 aromatic heterocycles. The number of para-hydroxylation sites is 1. The van der Waals surface area contributed by atoms with Crippen molar-refractivity contribution < 1.29 is 14.2 Å². The normalized spacial score (nSPS) is 10.1. The highest BCUT2D eigenvalue weighted by atomic mass is 79.9. The lowest BCUT2D eigenvalue weighted by atomic mass is 10.2. The molecule has 0 atom stereocenters. The predicted molar refractivity (Wildman–Crippen MR) is 78.0 cm³/mol. The Morgan fingerprint density at radius 2 is 1.68 bits per heavy atom. The van der Waals surface area contributed by atoms with Gasteiger partial charge in [0.05, 0.1) is 18.7 Å². The van der Waals surface area contributed by atoms with Gasteiger partial charge in [-0.3, -0.25) is 0 Å². The molecule has 0 fully saturated rings. The van der Waals surface area contributed by atoms with Gasteiger partial charge in [0.1, 0.15) is 12.4 Å². The monoisotopic (exact) mass is 322 g/mol. The van der Waals surface area contributed by atoms with E-state index in [4.69, 9.17) is 14.2 Å². The molecule has 0 heterocycles. The van der Waals surface area contributed by atoms with Crippen LogP contribution in [0.4, 0.5) is 0 Å². The molecule has 0 saturated carbocycles. The Morgan fingerprint density at radius 1 is 0.947 bits per heavy atom. The van der Waals surface area contributed by atoms with E-state index in [9.17, 15) is 0 Å². The molecule has 0 aliphatic rings. The highest BCUT2D eigenvalue weighted by molar-refractivity contribution is 9.10. The maximum Gasteiger partial charge on any atom is 0.175 e. The smallest absolute Gasteiger partial charge is 0.175 e. The molecule has 0 aliphatic heterocycles. The van der Waals surface area contributed by atoms with Crippen LogP contribution >= 0.6 is 15.9 Å². The van der Waals surface area contributed by atoms with Crippen LogP contribution in [0.2, 0.25) is 0 Å². The van der Waals surface area contributed by atoms with Crippen LogP contribution in [0.25, 0.3) is 0 Å². The molecule has 0 saturated heterocycles. The first kappa shape index (κ1) is 13.7. The molecule has 0 N–H and O–H groups in total. The van der Waals surface area contributed by atoms with E-state index in [1.165, 1.54) is 0 Å². The van der Waals surface area contributed by atoms with Gasteiger partial charge in [-0.05, 0) is 34.1 Å². The summed E-state index contributed by atoms with van der Waals surface area (Å²) in [6, 6.07) is 13.5. The van der Waals surface area contributed by atoms with E-state index in [0.717, 1.165) is 15.8 Å². The van der Waals surface area contributed by atoms with E-state index in [-0.39, 0.29) is 0 Å². The zero-order valence-electron chi connectivity index (χ0n) is 10.9. The van der Waals surface area contributed by atoms with Gasteiger partial charge in [-0.15, -0.1) is 0 Å². The second kappa shape index (κ2) is 6.48. The highest BCUT2D eigenvalue weighted by Gasteiger charge is 2.12. The van der Waals surface area contributed by atoms with E-state index < -0.39 is 0 Å². The Bertz CT molecular complexity index is 541. The van der Waals surface area contributed by atoms with Crippen LogP contribution in [0, 0.1) is 0 Å². The molecular weight excluding hydrogens is 308 g/mol. The number of hydrogen-bond acceptors (Lipinski definition) is 3. The minimum atomic E-state index is 0.463. The van der Waals surface area contributed by atoms with Crippen molar-refractivity contribution in [2.45, 2.75) is 6.61 Å². The summed E-state index contributed by atoms with van der Waals surface area (Å²) in [5.41, 5.74) is 1.00. The van der Waals surface area contributed by atoms with Crippen LogP contribution in [0.3, 0.4) is 0 Å². The fourth-order valence-corrected chi connectivity index (χ4v) is 2.32. The first-order chi connectivity index (χ1) is 9.26. The Labute approximate surface area is 121 Å². The molecule has 0 spiro atoms. The molecule has 19 heavy (non-hydrogen) atoms. The van der Waals surface area contributed by atoms with Crippen molar-refractivity contribution in [1.82, 2.24) is 0 Å². The van der Waals surface area contributed by atoms with Gasteiger partial charge >= 0.3 is 0 Å². The SMILES string of the molecule is COc1ccc(COc2ccccc2)c(Br)c1OC. The summed E-state index contributed by atoms with van der Waals surface area (Å²) in [6.07, 6.45) is 0. The molecule has 2 aromatic carbocycles.